The first-order chi connectivity index (χ1) is 9.22. The minimum Gasteiger partial charge on any atom is -0.365 e. The monoisotopic (exact) mass is 257 g/mol. The second-order valence-corrected chi connectivity index (χ2v) is 4.75. The van der Waals surface area contributed by atoms with Gasteiger partial charge < -0.3 is 10.2 Å². The fourth-order valence-corrected chi connectivity index (χ4v) is 2.27. The number of amides is 1. The zero-order valence-electron chi connectivity index (χ0n) is 10.7. The molecule has 3 rings (SSSR count). The fraction of sp³-hybridized carbons (Fsp3) is 0.385. The van der Waals surface area contributed by atoms with Crippen LogP contribution in [-0.2, 0) is 4.79 Å². The lowest BCUT2D eigenvalue weighted by Gasteiger charge is -2.30. The Kier molecular flexibility index (Phi) is 2.98. The van der Waals surface area contributed by atoms with Gasteiger partial charge in [-0.1, -0.05) is 0 Å². The standard InChI is InChI=1S/C13H15N5O/c1-18-8-9(2-5-12(18)19)16-11-4-3-10-13(17-11)15-7-6-14-10/h3-4,6-7,9H,2,5,8H2,1H3,(H,15,16,17). The van der Waals surface area contributed by atoms with Crippen molar-refractivity contribution in [3.05, 3.63) is 24.5 Å². The van der Waals surface area contributed by atoms with E-state index in [2.05, 4.69) is 20.3 Å². The molecule has 1 saturated heterocycles. The highest BCUT2D eigenvalue weighted by Gasteiger charge is 2.22. The Labute approximate surface area is 110 Å². The number of piperidine rings is 1. The number of carbonyl (C=O) groups is 1. The number of fused-ring (bicyclic) bond motifs is 1. The topological polar surface area (TPSA) is 71.0 Å². The van der Waals surface area contributed by atoms with E-state index < -0.39 is 0 Å². The van der Waals surface area contributed by atoms with E-state index in [1.54, 1.807) is 17.3 Å². The molecule has 1 N–H and O–H groups in total. The Morgan fingerprint density at radius 2 is 2.16 bits per heavy atom. The van der Waals surface area contributed by atoms with Crippen LogP contribution < -0.4 is 5.32 Å². The minimum atomic E-state index is 0.204. The number of hydrogen-bond acceptors (Lipinski definition) is 5. The van der Waals surface area contributed by atoms with Gasteiger partial charge in [0.1, 0.15) is 11.3 Å². The van der Waals surface area contributed by atoms with Crippen LogP contribution in [0.4, 0.5) is 5.82 Å². The van der Waals surface area contributed by atoms with Crippen LogP contribution in [0, 0.1) is 0 Å². The second-order valence-electron chi connectivity index (χ2n) is 4.75. The zero-order chi connectivity index (χ0) is 13.2. The molecule has 2 aromatic heterocycles. The molecule has 6 nitrogen and oxygen atoms in total. The van der Waals surface area contributed by atoms with Gasteiger partial charge in [-0.25, -0.2) is 9.97 Å². The number of pyridine rings is 1. The summed E-state index contributed by atoms with van der Waals surface area (Å²) in [6.07, 6.45) is 4.70. The van der Waals surface area contributed by atoms with Gasteiger partial charge in [0.05, 0.1) is 0 Å². The van der Waals surface area contributed by atoms with Crippen LogP contribution in [0.3, 0.4) is 0 Å². The van der Waals surface area contributed by atoms with Crippen LogP contribution in [0.5, 0.6) is 0 Å². The molecule has 1 atom stereocenters. The summed E-state index contributed by atoms with van der Waals surface area (Å²) < 4.78 is 0. The lowest BCUT2D eigenvalue weighted by molar-refractivity contribution is -0.132. The van der Waals surface area contributed by atoms with Gasteiger partial charge in [-0.05, 0) is 18.6 Å². The molecule has 2 aromatic rings. The van der Waals surface area contributed by atoms with E-state index in [0.29, 0.717) is 18.6 Å². The van der Waals surface area contributed by atoms with E-state index in [1.165, 1.54) is 0 Å². The van der Waals surface area contributed by atoms with Gasteiger partial charge in [-0.3, -0.25) is 9.78 Å². The molecule has 1 fully saturated rings. The summed E-state index contributed by atoms with van der Waals surface area (Å²) in [5.41, 5.74) is 1.41. The van der Waals surface area contributed by atoms with Gasteiger partial charge in [0.25, 0.3) is 0 Å². The number of carbonyl (C=O) groups excluding carboxylic acids is 1. The Hall–Kier alpha value is -2.24. The predicted molar refractivity (Wildman–Crippen MR) is 71.6 cm³/mol. The molecule has 19 heavy (non-hydrogen) atoms. The first-order valence-electron chi connectivity index (χ1n) is 6.30. The summed E-state index contributed by atoms with van der Waals surface area (Å²) in [5, 5.41) is 3.35. The van der Waals surface area contributed by atoms with Crippen molar-refractivity contribution in [3.8, 4) is 0 Å². The Bertz CT molecular complexity index is 615. The van der Waals surface area contributed by atoms with Crippen molar-refractivity contribution in [1.29, 1.82) is 0 Å². The van der Waals surface area contributed by atoms with Crippen molar-refractivity contribution in [1.82, 2.24) is 19.9 Å². The van der Waals surface area contributed by atoms with Crippen molar-refractivity contribution in [3.63, 3.8) is 0 Å². The number of aromatic nitrogens is 3. The van der Waals surface area contributed by atoms with E-state index >= 15 is 0 Å². The third-order valence-electron chi connectivity index (χ3n) is 3.31. The quantitative estimate of drug-likeness (QED) is 0.871. The summed E-state index contributed by atoms with van der Waals surface area (Å²) >= 11 is 0. The fourth-order valence-electron chi connectivity index (χ4n) is 2.27. The second kappa shape index (κ2) is 4.79. The molecular formula is C13H15N5O. The smallest absolute Gasteiger partial charge is 0.222 e. The molecule has 1 amide bonds. The molecular weight excluding hydrogens is 242 g/mol. The average Bonchev–Trinajstić information content (AvgIpc) is 2.43. The maximum atomic E-state index is 11.4. The van der Waals surface area contributed by atoms with Crippen LogP contribution in [0.1, 0.15) is 12.8 Å². The summed E-state index contributed by atoms with van der Waals surface area (Å²) in [7, 11) is 1.83. The van der Waals surface area contributed by atoms with Crippen LogP contribution in [-0.4, -0.2) is 45.4 Å². The van der Waals surface area contributed by atoms with Crippen molar-refractivity contribution in [2.24, 2.45) is 0 Å². The van der Waals surface area contributed by atoms with E-state index in [0.717, 1.165) is 17.8 Å². The van der Waals surface area contributed by atoms with Gasteiger partial charge in [0, 0.05) is 38.4 Å². The average molecular weight is 257 g/mol. The number of hydrogen-bond donors (Lipinski definition) is 1. The predicted octanol–water partition coefficient (Wildman–Crippen LogP) is 1.06. The van der Waals surface area contributed by atoms with E-state index in [-0.39, 0.29) is 11.9 Å². The SMILES string of the molecule is CN1CC(Nc2ccc3nccnc3n2)CCC1=O. The highest BCUT2D eigenvalue weighted by molar-refractivity contribution is 5.77. The Morgan fingerprint density at radius 1 is 1.32 bits per heavy atom. The maximum absolute atomic E-state index is 11.4. The molecule has 1 aliphatic rings. The van der Waals surface area contributed by atoms with Crippen LogP contribution in [0.15, 0.2) is 24.5 Å². The molecule has 0 aliphatic carbocycles. The number of anilines is 1. The van der Waals surface area contributed by atoms with Crippen LogP contribution in [0.25, 0.3) is 11.2 Å². The van der Waals surface area contributed by atoms with Gasteiger partial charge in [0.2, 0.25) is 5.91 Å². The van der Waals surface area contributed by atoms with E-state index in [4.69, 9.17) is 0 Å². The molecule has 6 heteroatoms. The third kappa shape index (κ3) is 2.47. The first-order valence-corrected chi connectivity index (χ1v) is 6.30. The van der Waals surface area contributed by atoms with Crippen molar-refractivity contribution in [2.45, 2.75) is 18.9 Å². The lowest BCUT2D eigenvalue weighted by Crippen LogP contribution is -2.43. The van der Waals surface area contributed by atoms with Gasteiger partial charge in [-0.2, -0.15) is 0 Å². The van der Waals surface area contributed by atoms with E-state index in [9.17, 15) is 4.79 Å². The summed E-state index contributed by atoms with van der Waals surface area (Å²) in [5.74, 6) is 0.983. The Balaban J connectivity index is 1.76. The number of likely N-dealkylation sites (N-methyl/N-ethyl adjacent to an activating group) is 1. The van der Waals surface area contributed by atoms with Gasteiger partial charge in [-0.15, -0.1) is 0 Å². The summed E-state index contributed by atoms with van der Waals surface area (Å²) in [4.78, 5) is 26.0. The molecule has 3 heterocycles. The van der Waals surface area contributed by atoms with Gasteiger partial charge in [0.15, 0.2) is 5.65 Å². The lowest BCUT2D eigenvalue weighted by atomic mass is 10.1. The zero-order valence-corrected chi connectivity index (χ0v) is 10.7. The summed E-state index contributed by atoms with van der Waals surface area (Å²) in [6.45, 7) is 0.707. The Morgan fingerprint density at radius 3 is 3.00 bits per heavy atom. The molecule has 0 aromatic carbocycles. The molecule has 0 radical (unpaired) electrons. The molecule has 98 valence electrons. The largest absolute Gasteiger partial charge is 0.365 e. The van der Waals surface area contributed by atoms with Crippen LogP contribution >= 0.6 is 0 Å². The third-order valence-corrected chi connectivity index (χ3v) is 3.31. The molecule has 1 unspecified atom stereocenters. The maximum Gasteiger partial charge on any atom is 0.222 e. The first kappa shape index (κ1) is 11.8. The molecule has 0 spiro atoms. The number of likely N-dealkylation sites (tertiary alicyclic amines) is 1. The normalized spacial score (nSPS) is 19.7. The van der Waals surface area contributed by atoms with E-state index in [1.807, 2.05) is 19.2 Å². The molecule has 1 aliphatic heterocycles. The van der Waals surface area contributed by atoms with Crippen molar-refractivity contribution >= 4 is 22.9 Å². The summed E-state index contributed by atoms with van der Waals surface area (Å²) in [6, 6.07) is 4.03. The van der Waals surface area contributed by atoms with Crippen molar-refractivity contribution < 1.29 is 4.79 Å². The number of nitrogens with one attached hydrogen (secondary N) is 1. The molecule has 0 saturated carbocycles. The van der Waals surface area contributed by atoms with Gasteiger partial charge >= 0.3 is 0 Å². The number of rotatable bonds is 2. The van der Waals surface area contributed by atoms with Crippen LogP contribution in [0.2, 0.25) is 0 Å². The minimum absolute atomic E-state index is 0.204. The number of nitrogens with zero attached hydrogens (tertiary/aromatic N) is 4. The highest BCUT2D eigenvalue weighted by atomic mass is 16.2. The molecule has 0 bridgehead atoms. The highest BCUT2D eigenvalue weighted by Crippen LogP contribution is 2.16. The van der Waals surface area contributed by atoms with Crippen molar-refractivity contribution in [2.75, 3.05) is 18.9 Å².